The van der Waals surface area contributed by atoms with Crippen LogP contribution in [0.1, 0.15) is 23.2 Å². The molecule has 74 valence electrons. The van der Waals surface area contributed by atoms with Gasteiger partial charge >= 0.3 is 0 Å². The molecular weight excluding hydrogens is 193 g/mol. The van der Waals surface area contributed by atoms with E-state index in [1.54, 1.807) is 6.07 Å². The van der Waals surface area contributed by atoms with Crippen LogP contribution in [-0.2, 0) is 6.42 Å². The molecule has 0 aliphatic carbocycles. The Morgan fingerprint density at radius 1 is 1.57 bits per heavy atom. The Morgan fingerprint density at radius 3 is 2.71 bits per heavy atom. The largest absolute Gasteiger partial charge is 0.280 e. The highest BCUT2D eigenvalue weighted by Gasteiger charge is 2.17. The Hall–Kier alpha value is -1.57. The minimum absolute atomic E-state index is 0.0846. The molecule has 1 rings (SSSR count). The lowest BCUT2D eigenvalue weighted by atomic mass is 10.1. The summed E-state index contributed by atoms with van der Waals surface area (Å²) < 4.78 is 37.5. The summed E-state index contributed by atoms with van der Waals surface area (Å²) in [6.07, 6.45) is -3.04. The zero-order valence-corrected chi connectivity index (χ0v) is 7.39. The zero-order chi connectivity index (χ0) is 10.7. The molecule has 1 aromatic heterocycles. The lowest BCUT2D eigenvalue weighted by Crippen LogP contribution is -2.02. The maximum atomic E-state index is 12.8. The predicted octanol–water partition coefficient (Wildman–Crippen LogP) is 2.53. The number of hydrogen-bond donors (Lipinski definition) is 0. The molecule has 0 aromatic carbocycles. The topological polar surface area (TPSA) is 36.7 Å². The first kappa shape index (κ1) is 10.5. The summed E-state index contributed by atoms with van der Waals surface area (Å²) in [6, 6.07) is 2.96. The first-order valence-corrected chi connectivity index (χ1v) is 3.87. The van der Waals surface area contributed by atoms with Gasteiger partial charge in [0.15, 0.2) is 0 Å². The van der Waals surface area contributed by atoms with E-state index in [0.717, 1.165) is 0 Å². The van der Waals surface area contributed by atoms with E-state index < -0.39 is 18.1 Å². The number of halogens is 3. The first-order valence-electron chi connectivity index (χ1n) is 3.87. The molecular formula is C9H7F3N2. The van der Waals surface area contributed by atoms with Crippen molar-refractivity contribution in [3.63, 3.8) is 0 Å². The fourth-order valence-corrected chi connectivity index (χ4v) is 1.08. The van der Waals surface area contributed by atoms with E-state index in [0.29, 0.717) is 0 Å². The van der Waals surface area contributed by atoms with Gasteiger partial charge in [-0.1, -0.05) is 0 Å². The van der Waals surface area contributed by atoms with Crippen LogP contribution in [0.5, 0.6) is 0 Å². The Balaban J connectivity index is 3.25. The summed E-state index contributed by atoms with van der Waals surface area (Å²) in [4.78, 5) is 3.12. The minimum atomic E-state index is -2.85. The Bertz CT molecular complexity index is 382. The zero-order valence-electron chi connectivity index (χ0n) is 7.39. The SMILES string of the molecule is Cc1cc(CC#N)c(C(F)F)nc1F. The lowest BCUT2D eigenvalue weighted by molar-refractivity contribution is 0.143. The maximum absolute atomic E-state index is 12.8. The van der Waals surface area contributed by atoms with Crippen molar-refractivity contribution in [2.75, 3.05) is 0 Å². The molecule has 14 heavy (non-hydrogen) atoms. The highest BCUT2D eigenvalue weighted by molar-refractivity contribution is 5.28. The quantitative estimate of drug-likeness (QED) is 0.688. The molecule has 0 saturated heterocycles. The molecule has 1 aromatic rings. The molecule has 0 fully saturated rings. The number of nitriles is 1. The summed E-state index contributed by atoms with van der Waals surface area (Å²) in [5, 5.41) is 8.37. The number of alkyl halides is 2. The standard InChI is InChI=1S/C9H7F3N2/c1-5-4-6(2-3-13)7(8(10)11)14-9(5)12/h4,8H,2H2,1H3. The van der Waals surface area contributed by atoms with Crippen LogP contribution in [0.4, 0.5) is 13.2 Å². The van der Waals surface area contributed by atoms with Crippen LogP contribution in [0.15, 0.2) is 6.07 Å². The molecule has 0 bridgehead atoms. The van der Waals surface area contributed by atoms with Crippen LogP contribution in [-0.4, -0.2) is 4.98 Å². The molecule has 0 aliphatic rings. The fraction of sp³-hybridized carbons (Fsp3) is 0.333. The summed E-state index contributed by atoms with van der Waals surface area (Å²) in [6.45, 7) is 1.42. The van der Waals surface area contributed by atoms with Crippen molar-refractivity contribution in [2.45, 2.75) is 19.8 Å². The van der Waals surface area contributed by atoms with Gasteiger partial charge in [0.1, 0.15) is 5.69 Å². The molecule has 2 nitrogen and oxygen atoms in total. The van der Waals surface area contributed by atoms with Crippen molar-refractivity contribution in [2.24, 2.45) is 0 Å². The maximum Gasteiger partial charge on any atom is 0.280 e. The van der Waals surface area contributed by atoms with Gasteiger partial charge in [-0.3, -0.25) is 0 Å². The average Bonchev–Trinajstić information content (AvgIpc) is 2.11. The molecule has 0 aliphatic heterocycles. The third-order valence-electron chi connectivity index (χ3n) is 1.74. The van der Waals surface area contributed by atoms with Crippen molar-refractivity contribution < 1.29 is 13.2 Å². The van der Waals surface area contributed by atoms with Crippen LogP contribution in [0, 0.1) is 24.2 Å². The molecule has 0 spiro atoms. The van der Waals surface area contributed by atoms with Crippen molar-refractivity contribution in [1.82, 2.24) is 4.98 Å². The van der Waals surface area contributed by atoms with E-state index in [-0.39, 0.29) is 17.5 Å². The second-order valence-corrected chi connectivity index (χ2v) is 2.78. The van der Waals surface area contributed by atoms with Gasteiger partial charge in [-0.05, 0) is 18.6 Å². The van der Waals surface area contributed by atoms with Crippen LogP contribution in [0.25, 0.3) is 0 Å². The Kier molecular flexibility index (Phi) is 3.07. The highest BCUT2D eigenvalue weighted by Crippen LogP contribution is 2.22. The molecule has 5 heteroatoms. The number of aromatic nitrogens is 1. The number of hydrogen-bond acceptors (Lipinski definition) is 2. The second-order valence-electron chi connectivity index (χ2n) is 2.78. The van der Waals surface area contributed by atoms with Crippen LogP contribution >= 0.6 is 0 Å². The van der Waals surface area contributed by atoms with Gasteiger partial charge in [-0.15, -0.1) is 0 Å². The summed E-state index contributed by atoms with van der Waals surface area (Å²) in [5.74, 6) is -0.915. The normalized spacial score (nSPS) is 10.3. The van der Waals surface area contributed by atoms with E-state index in [2.05, 4.69) is 4.98 Å². The molecule has 0 saturated carbocycles. The van der Waals surface area contributed by atoms with Gasteiger partial charge in [0.05, 0.1) is 12.5 Å². The smallest absolute Gasteiger partial charge is 0.218 e. The predicted molar refractivity (Wildman–Crippen MR) is 43.2 cm³/mol. The second kappa shape index (κ2) is 4.09. The van der Waals surface area contributed by atoms with Crippen molar-refractivity contribution in [1.29, 1.82) is 5.26 Å². The van der Waals surface area contributed by atoms with Gasteiger partial charge < -0.3 is 0 Å². The Morgan fingerprint density at radius 2 is 2.21 bits per heavy atom. The third kappa shape index (κ3) is 2.02. The van der Waals surface area contributed by atoms with E-state index in [4.69, 9.17) is 5.26 Å². The number of aryl methyl sites for hydroxylation is 1. The van der Waals surface area contributed by atoms with E-state index in [9.17, 15) is 13.2 Å². The van der Waals surface area contributed by atoms with E-state index >= 15 is 0 Å². The molecule has 0 radical (unpaired) electrons. The third-order valence-corrected chi connectivity index (χ3v) is 1.74. The first-order chi connectivity index (χ1) is 6.56. The number of pyridine rings is 1. The molecule has 0 atom stereocenters. The Labute approximate surface area is 79.0 Å². The van der Waals surface area contributed by atoms with E-state index in [1.165, 1.54) is 13.0 Å². The molecule has 0 N–H and O–H groups in total. The average molecular weight is 200 g/mol. The monoisotopic (exact) mass is 200 g/mol. The van der Waals surface area contributed by atoms with Crippen molar-refractivity contribution in [3.05, 3.63) is 28.8 Å². The number of nitrogens with zero attached hydrogens (tertiary/aromatic N) is 2. The number of rotatable bonds is 2. The summed E-state index contributed by atoms with van der Waals surface area (Å²) in [5.41, 5.74) is -0.393. The van der Waals surface area contributed by atoms with E-state index in [1.807, 2.05) is 0 Å². The molecule has 1 heterocycles. The van der Waals surface area contributed by atoms with Gasteiger partial charge in [0.25, 0.3) is 6.43 Å². The lowest BCUT2D eigenvalue weighted by Gasteiger charge is -2.06. The highest BCUT2D eigenvalue weighted by atomic mass is 19.3. The summed E-state index contributed by atoms with van der Waals surface area (Å²) >= 11 is 0. The minimum Gasteiger partial charge on any atom is -0.218 e. The van der Waals surface area contributed by atoms with Crippen LogP contribution in [0.3, 0.4) is 0 Å². The van der Waals surface area contributed by atoms with Gasteiger partial charge in [-0.2, -0.15) is 9.65 Å². The van der Waals surface area contributed by atoms with Gasteiger partial charge in [0, 0.05) is 5.56 Å². The van der Waals surface area contributed by atoms with Gasteiger partial charge in [-0.25, -0.2) is 13.8 Å². The fourth-order valence-electron chi connectivity index (χ4n) is 1.08. The molecule has 0 unspecified atom stereocenters. The van der Waals surface area contributed by atoms with Crippen LogP contribution in [0.2, 0.25) is 0 Å². The molecule has 0 amide bonds. The van der Waals surface area contributed by atoms with Crippen molar-refractivity contribution in [3.8, 4) is 6.07 Å². The summed E-state index contributed by atoms with van der Waals surface area (Å²) in [7, 11) is 0. The van der Waals surface area contributed by atoms with Crippen LogP contribution < -0.4 is 0 Å². The van der Waals surface area contributed by atoms with Crippen molar-refractivity contribution >= 4 is 0 Å². The van der Waals surface area contributed by atoms with Gasteiger partial charge in [0.2, 0.25) is 5.95 Å².